The van der Waals surface area contributed by atoms with Gasteiger partial charge in [0.05, 0.1) is 29.8 Å². The van der Waals surface area contributed by atoms with Crippen molar-refractivity contribution in [1.82, 2.24) is 9.78 Å². The predicted octanol–water partition coefficient (Wildman–Crippen LogP) is 2.22. The molecule has 1 heterocycles. The maximum atomic E-state index is 11.3. The number of rotatable bonds is 3. The molecule has 0 bridgehead atoms. The predicted molar refractivity (Wildman–Crippen MR) is 57.9 cm³/mol. The van der Waals surface area contributed by atoms with Crippen LogP contribution in [0.2, 0.25) is 5.02 Å². The Hall–Kier alpha value is -1.03. The summed E-state index contributed by atoms with van der Waals surface area (Å²) in [5.41, 5.74) is 0.764. The van der Waals surface area contributed by atoms with Crippen molar-refractivity contribution in [3.63, 3.8) is 0 Å². The molecule has 0 saturated carbocycles. The molecule has 0 saturated heterocycles. The average molecular weight is 231 g/mol. The number of nitrogens with zero attached hydrogens (tertiary/aromatic N) is 2. The second-order valence-corrected chi connectivity index (χ2v) is 4.00. The molecule has 2 unspecified atom stereocenters. The number of aromatic nitrogens is 2. The number of carbonyl (C=O) groups excluding carboxylic acids is 1. The van der Waals surface area contributed by atoms with Gasteiger partial charge in [0.1, 0.15) is 0 Å². The van der Waals surface area contributed by atoms with Crippen molar-refractivity contribution in [1.29, 1.82) is 0 Å². The van der Waals surface area contributed by atoms with Crippen molar-refractivity contribution in [2.45, 2.75) is 26.8 Å². The van der Waals surface area contributed by atoms with E-state index in [1.807, 2.05) is 13.8 Å². The van der Waals surface area contributed by atoms with E-state index in [0.29, 0.717) is 5.02 Å². The van der Waals surface area contributed by atoms with E-state index in [1.165, 1.54) is 7.11 Å². The zero-order chi connectivity index (χ0) is 11.6. The van der Waals surface area contributed by atoms with Crippen LogP contribution < -0.4 is 0 Å². The van der Waals surface area contributed by atoms with Gasteiger partial charge >= 0.3 is 5.97 Å². The summed E-state index contributed by atoms with van der Waals surface area (Å²) in [4.78, 5) is 11.3. The minimum atomic E-state index is -0.245. The normalized spacial score (nSPS) is 14.7. The zero-order valence-corrected chi connectivity index (χ0v) is 10.1. The Balaban J connectivity index is 2.84. The summed E-state index contributed by atoms with van der Waals surface area (Å²) in [5, 5.41) is 4.83. The SMILES string of the molecule is COC(=O)C(C)C(C)n1cc(Cl)c(C)n1. The third kappa shape index (κ3) is 2.50. The molecular weight excluding hydrogens is 216 g/mol. The Bertz CT molecular complexity index is 343. The number of hydrogen-bond donors (Lipinski definition) is 0. The van der Waals surface area contributed by atoms with Crippen molar-refractivity contribution in [3.05, 3.63) is 16.9 Å². The van der Waals surface area contributed by atoms with E-state index in [-0.39, 0.29) is 17.9 Å². The summed E-state index contributed by atoms with van der Waals surface area (Å²) < 4.78 is 6.37. The first-order chi connectivity index (χ1) is 6.97. The lowest BCUT2D eigenvalue weighted by Crippen LogP contribution is -2.23. The first-order valence-electron chi connectivity index (χ1n) is 4.76. The van der Waals surface area contributed by atoms with Crippen LogP contribution in [0.1, 0.15) is 25.6 Å². The highest BCUT2D eigenvalue weighted by Crippen LogP contribution is 2.21. The minimum absolute atomic E-state index is 0.0661. The van der Waals surface area contributed by atoms with Gasteiger partial charge in [0.2, 0.25) is 0 Å². The van der Waals surface area contributed by atoms with Gasteiger partial charge in [0, 0.05) is 6.20 Å². The second-order valence-electron chi connectivity index (χ2n) is 3.59. The van der Waals surface area contributed by atoms with Gasteiger partial charge in [-0.25, -0.2) is 0 Å². The Labute approximate surface area is 94.2 Å². The van der Waals surface area contributed by atoms with Gasteiger partial charge in [0.25, 0.3) is 0 Å². The van der Waals surface area contributed by atoms with Crippen molar-refractivity contribution in [3.8, 4) is 0 Å². The summed E-state index contributed by atoms with van der Waals surface area (Å²) in [6.07, 6.45) is 1.72. The molecule has 2 atom stereocenters. The molecule has 0 amide bonds. The summed E-state index contributed by atoms with van der Waals surface area (Å²) in [6, 6.07) is -0.0661. The van der Waals surface area contributed by atoms with E-state index in [9.17, 15) is 4.79 Å². The zero-order valence-electron chi connectivity index (χ0n) is 9.32. The molecular formula is C10H15ClN2O2. The van der Waals surface area contributed by atoms with Crippen LogP contribution in [-0.4, -0.2) is 22.9 Å². The summed E-state index contributed by atoms with van der Waals surface area (Å²) >= 11 is 5.89. The number of carbonyl (C=O) groups is 1. The van der Waals surface area contributed by atoms with Gasteiger partial charge in [-0.1, -0.05) is 11.6 Å². The van der Waals surface area contributed by atoms with Crippen molar-refractivity contribution in [2.75, 3.05) is 7.11 Å². The molecule has 0 aliphatic rings. The number of hydrogen-bond acceptors (Lipinski definition) is 3. The molecule has 4 nitrogen and oxygen atoms in total. The Morgan fingerprint density at radius 2 is 2.20 bits per heavy atom. The van der Waals surface area contributed by atoms with E-state index in [0.717, 1.165) is 5.69 Å². The molecule has 0 aromatic carbocycles. The van der Waals surface area contributed by atoms with Crippen molar-refractivity contribution >= 4 is 17.6 Å². The maximum absolute atomic E-state index is 11.3. The first-order valence-corrected chi connectivity index (χ1v) is 5.14. The fourth-order valence-corrected chi connectivity index (χ4v) is 1.42. The van der Waals surface area contributed by atoms with E-state index in [4.69, 9.17) is 11.6 Å². The molecule has 0 radical (unpaired) electrons. The molecule has 15 heavy (non-hydrogen) atoms. The van der Waals surface area contributed by atoms with Crippen molar-refractivity contribution < 1.29 is 9.53 Å². The maximum Gasteiger partial charge on any atom is 0.310 e. The molecule has 5 heteroatoms. The fraction of sp³-hybridized carbons (Fsp3) is 0.600. The van der Waals surface area contributed by atoms with Crippen LogP contribution >= 0.6 is 11.6 Å². The molecule has 1 rings (SSSR count). The Morgan fingerprint density at radius 3 is 2.60 bits per heavy atom. The third-order valence-electron chi connectivity index (χ3n) is 2.57. The van der Waals surface area contributed by atoms with Gasteiger partial charge in [-0.15, -0.1) is 0 Å². The molecule has 0 fully saturated rings. The number of halogens is 1. The summed E-state index contributed by atoms with van der Waals surface area (Å²) in [7, 11) is 1.38. The molecule has 84 valence electrons. The highest BCUT2D eigenvalue weighted by atomic mass is 35.5. The van der Waals surface area contributed by atoms with E-state index >= 15 is 0 Å². The van der Waals surface area contributed by atoms with E-state index < -0.39 is 0 Å². The molecule has 0 aliphatic heterocycles. The number of methoxy groups -OCH3 is 1. The van der Waals surface area contributed by atoms with Gasteiger partial charge in [-0.2, -0.15) is 5.10 Å². The lowest BCUT2D eigenvalue weighted by Gasteiger charge is -2.17. The van der Waals surface area contributed by atoms with Crippen LogP contribution in [0.4, 0.5) is 0 Å². The first kappa shape index (κ1) is 12.0. The van der Waals surface area contributed by atoms with Crippen LogP contribution in [-0.2, 0) is 9.53 Å². The number of esters is 1. The van der Waals surface area contributed by atoms with Gasteiger partial charge in [-0.05, 0) is 20.8 Å². The van der Waals surface area contributed by atoms with Crippen LogP contribution in [0.3, 0.4) is 0 Å². The quantitative estimate of drug-likeness (QED) is 0.748. The minimum Gasteiger partial charge on any atom is -0.469 e. The Kier molecular flexibility index (Phi) is 3.74. The van der Waals surface area contributed by atoms with Crippen molar-refractivity contribution in [2.24, 2.45) is 5.92 Å². The van der Waals surface area contributed by atoms with E-state index in [2.05, 4.69) is 9.84 Å². The van der Waals surface area contributed by atoms with E-state index in [1.54, 1.807) is 17.8 Å². The molecule has 0 N–H and O–H groups in total. The highest BCUT2D eigenvalue weighted by molar-refractivity contribution is 6.31. The van der Waals surface area contributed by atoms with Crippen LogP contribution in [0.5, 0.6) is 0 Å². The third-order valence-corrected chi connectivity index (χ3v) is 2.94. The van der Waals surface area contributed by atoms with Crippen LogP contribution in [0, 0.1) is 12.8 Å². The smallest absolute Gasteiger partial charge is 0.310 e. The second kappa shape index (κ2) is 4.66. The summed E-state index contributed by atoms with van der Waals surface area (Å²) in [6.45, 7) is 5.54. The molecule has 0 aliphatic carbocycles. The van der Waals surface area contributed by atoms with Crippen LogP contribution in [0.15, 0.2) is 6.20 Å². The topological polar surface area (TPSA) is 44.1 Å². The molecule has 1 aromatic heterocycles. The fourth-order valence-electron chi connectivity index (χ4n) is 1.28. The number of aryl methyl sites for hydroxylation is 1. The summed E-state index contributed by atoms with van der Waals surface area (Å²) in [5.74, 6) is -0.489. The molecule has 1 aromatic rings. The lowest BCUT2D eigenvalue weighted by molar-refractivity contribution is -0.146. The standard InChI is InChI=1S/C10H15ClN2O2/c1-6(10(14)15-4)8(3)13-5-9(11)7(2)12-13/h5-6,8H,1-4H3. The average Bonchev–Trinajstić information content (AvgIpc) is 2.56. The number of ether oxygens (including phenoxy) is 1. The highest BCUT2D eigenvalue weighted by Gasteiger charge is 2.23. The largest absolute Gasteiger partial charge is 0.469 e. The lowest BCUT2D eigenvalue weighted by atomic mass is 10.0. The van der Waals surface area contributed by atoms with Crippen LogP contribution in [0.25, 0.3) is 0 Å². The van der Waals surface area contributed by atoms with Gasteiger partial charge in [-0.3, -0.25) is 9.48 Å². The molecule has 0 spiro atoms. The Morgan fingerprint density at radius 1 is 1.60 bits per heavy atom. The van der Waals surface area contributed by atoms with Gasteiger partial charge < -0.3 is 4.74 Å². The van der Waals surface area contributed by atoms with Gasteiger partial charge in [0.15, 0.2) is 0 Å². The monoisotopic (exact) mass is 230 g/mol.